The van der Waals surface area contributed by atoms with Crippen LogP contribution < -0.4 is 0 Å². The van der Waals surface area contributed by atoms with Crippen molar-refractivity contribution in [2.45, 2.75) is 38.4 Å². The number of fused-ring (bicyclic) bond motifs is 1. The Morgan fingerprint density at radius 3 is 2.88 bits per heavy atom. The summed E-state index contributed by atoms with van der Waals surface area (Å²) in [7, 11) is 0. The molecule has 0 radical (unpaired) electrons. The fourth-order valence-corrected chi connectivity index (χ4v) is 3.42. The maximum Gasteiger partial charge on any atom is 0.342 e. The van der Waals surface area contributed by atoms with Crippen molar-refractivity contribution in [3.05, 3.63) is 46.8 Å². The average molecular weight is 356 g/mol. The monoisotopic (exact) mass is 356 g/mol. The molecule has 0 aliphatic rings. The Hall–Kier alpha value is -2.54. The van der Waals surface area contributed by atoms with Gasteiger partial charge in [-0.25, -0.2) is 9.78 Å². The number of aryl methyl sites for hydroxylation is 2. The third-order valence-electron chi connectivity index (χ3n) is 3.86. The smallest absolute Gasteiger partial charge is 0.342 e. The van der Waals surface area contributed by atoms with E-state index in [-0.39, 0.29) is 4.91 Å². The lowest BCUT2D eigenvalue weighted by Crippen LogP contribution is -1.97. The van der Waals surface area contributed by atoms with Gasteiger partial charge in [-0.15, -0.1) is 5.10 Å². The summed E-state index contributed by atoms with van der Waals surface area (Å²) in [6.45, 7) is 4.95. The van der Waals surface area contributed by atoms with E-state index in [1.807, 2.05) is 30.5 Å². The molecule has 0 saturated carbocycles. The number of benzene rings is 1. The van der Waals surface area contributed by atoms with E-state index in [0.29, 0.717) is 5.16 Å². The number of hydrogen-bond acceptors (Lipinski definition) is 4. The predicted molar refractivity (Wildman–Crippen MR) is 99.5 cm³/mol. The molecule has 3 rings (SSSR count). The van der Waals surface area contributed by atoms with Crippen molar-refractivity contribution in [1.82, 2.24) is 19.7 Å². The summed E-state index contributed by atoms with van der Waals surface area (Å²) in [5.41, 5.74) is 1.97. The molecule has 0 amide bonds. The highest BCUT2D eigenvalue weighted by molar-refractivity contribution is 8.04. The van der Waals surface area contributed by atoms with E-state index < -0.39 is 5.97 Å². The van der Waals surface area contributed by atoms with Crippen LogP contribution in [-0.2, 0) is 17.8 Å². The zero-order valence-corrected chi connectivity index (χ0v) is 15.0. The van der Waals surface area contributed by atoms with Crippen LogP contribution >= 0.6 is 11.8 Å². The van der Waals surface area contributed by atoms with Crippen molar-refractivity contribution in [2.24, 2.45) is 0 Å². The highest BCUT2D eigenvalue weighted by Gasteiger charge is 2.15. The van der Waals surface area contributed by atoms with Crippen LogP contribution in [-0.4, -0.2) is 30.8 Å². The van der Waals surface area contributed by atoms with Crippen molar-refractivity contribution in [1.29, 1.82) is 0 Å². The topological polar surface area (TPSA) is 83.8 Å². The minimum Gasteiger partial charge on any atom is -0.477 e. The number of nitrogens with one attached hydrogen (secondary N) is 1. The molecule has 0 fully saturated rings. The second kappa shape index (κ2) is 7.57. The third-order valence-corrected chi connectivity index (χ3v) is 4.73. The Kier molecular flexibility index (Phi) is 5.23. The lowest BCUT2D eigenvalue weighted by atomic mass is 10.1. The van der Waals surface area contributed by atoms with Gasteiger partial charge in [0.05, 0.1) is 0 Å². The number of carbonyl (C=O) groups is 1. The fraction of sp³-hybridized carbons (Fsp3) is 0.278. The number of hydrogen-bond donors (Lipinski definition) is 2. The highest BCUT2D eigenvalue weighted by atomic mass is 32.2. The Morgan fingerprint density at radius 1 is 1.36 bits per heavy atom. The number of para-hydroxylation sites is 1. The maximum absolute atomic E-state index is 11.7. The van der Waals surface area contributed by atoms with Crippen LogP contribution in [0.4, 0.5) is 0 Å². The lowest BCUT2D eigenvalue weighted by Gasteiger charge is -1.98. The summed E-state index contributed by atoms with van der Waals surface area (Å²) in [5.74, 6) is -0.211. The van der Waals surface area contributed by atoms with Crippen LogP contribution in [0, 0.1) is 0 Å². The summed E-state index contributed by atoms with van der Waals surface area (Å²) in [6.07, 6.45) is 5.42. The summed E-state index contributed by atoms with van der Waals surface area (Å²) in [4.78, 5) is 16.2. The molecule has 0 aliphatic heterocycles. The number of carboxylic acid groups (broad SMARTS) is 1. The van der Waals surface area contributed by atoms with Gasteiger partial charge in [0.1, 0.15) is 10.7 Å². The van der Waals surface area contributed by atoms with Gasteiger partial charge in [0, 0.05) is 35.6 Å². The Labute approximate surface area is 150 Å². The van der Waals surface area contributed by atoms with E-state index in [4.69, 9.17) is 0 Å². The van der Waals surface area contributed by atoms with Gasteiger partial charge in [-0.3, -0.25) is 5.10 Å². The van der Waals surface area contributed by atoms with Gasteiger partial charge in [-0.1, -0.05) is 25.1 Å². The van der Waals surface area contributed by atoms with E-state index in [0.717, 1.165) is 53.4 Å². The zero-order chi connectivity index (χ0) is 17.8. The normalized spacial score (nSPS) is 12.0. The molecule has 0 spiro atoms. The van der Waals surface area contributed by atoms with Crippen LogP contribution in [0.1, 0.15) is 31.7 Å². The van der Waals surface area contributed by atoms with Crippen LogP contribution in [0.25, 0.3) is 17.0 Å². The lowest BCUT2D eigenvalue weighted by molar-refractivity contribution is -0.131. The molecule has 0 unspecified atom stereocenters. The van der Waals surface area contributed by atoms with Crippen molar-refractivity contribution in [3.63, 3.8) is 0 Å². The van der Waals surface area contributed by atoms with Gasteiger partial charge < -0.3 is 9.67 Å². The first-order valence-corrected chi connectivity index (χ1v) is 9.06. The Bertz CT molecular complexity index is 926. The molecule has 7 heteroatoms. The largest absolute Gasteiger partial charge is 0.477 e. The fourth-order valence-electron chi connectivity index (χ4n) is 2.70. The minimum atomic E-state index is -0.986. The summed E-state index contributed by atoms with van der Waals surface area (Å²) in [6, 6.07) is 7.98. The molecule has 6 nitrogen and oxygen atoms in total. The zero-order valence-electron chi connectivity index (χ0n) is 14.2. The van der Waals surface area contributed by atoms with Crippen LogP contribution in [0.5, 0.6) is 0 Å². The number of aliphatic carboxylic acids is 1. The number of aromatic nitrogens is 4. The number of thioether (sulfide) groups is 1. The van der Waals surface area contributed by atoms with Gasteiger partial charge in [-0.05, 0) is 37.2 Å². The third kappa shape index (κ3) is 3.76. The van der Waals surface area contributed by atoms with Gasteiger partial charge in [-0.2, -0.15) is 0 Å². The van der Waals surface area contributed by atoms with Crippen LogP contribution in [0.15, 0.2) is 40.5 Å². The maximum atomic E-state index is 11.7. The molecule has 2 aromatic heterocycles. The molecular weight excluding hydrogens is 336 g/mol. The number of nitrogens with zero attached hydrogens (tertiary/aromatic N) is 3. The molecule has 0 atom stereocenters. The summed E-state index contributed by atoms with van der Waals surface area (Å²) < 4.78 is 2.11. The van der Waals surface area contributed by atoms with Crippen molar-refractivity contribution in [2.75, 3.05) is 0 Å². The van der Waals surface area contributed by atoms with Crippen LogP contribution in [0.3, 0.4) is 0 Å². The number of rotatable bonds is 7. The van der Waals surface area contributed by atoms with E-state index in [9.17, 15) is 9.90 Å². The summed E-state index contributed by atoms with van der Waals surface area (Å²) in [5, 5.41) is 18.0. The van der Waals surface area contributed by atoms with Gasteiger partial charge >= 0.3 is 5.97 Å². The minimum absolute atomic E-state index is 0.195. The molecular formula is C18H20N4O2S. The average Bonchev–Trinajstić information content (AvgIpc) is 3.19. The van der Waals surface area contributed by atoms with Crippen molar-refractivity contribution < 1.29 is 9.90 Å². The van der Waals surface area contributed by atoms with Crippen molar-refractivity contribution in [3.8, 4) is 0 Å². The molecule has 2 N–H and O–H groups in total. The number of aromatic amines is 1. The molecule has 0 aliphatic carbocycles. The van der Waals surface area contributed by atoms with Gasteiger partial charge in [0.25, 0.3) is 0 Å². The number of H-pyrrole nitrogens is 1. The standard InChI is InChI=1S/C18H20N4O2S/c1-3-7-16-19-18(21-20-16)25-15(17(23)24)10-12-11-22(4-2)14-9-6-5-8-13(12)14/h5-6,8-11H,3-4,7H2,1-2H3,(H,23,24)(H,19,20,21)/b15-10+. The highest BCUT2D eigenvalue weighted by Crippen LogP contribution is 2.29. The first kappa shape index (κ1) is 17.3. The molecule has 25 heavy (non-hydrogen) atoms. The van der Waals surface area contributed by atoms with Crippen molar-refractivity contribution >= 4 is 34.7 Å². The van der Waals surface area contributed by atoms with Crippen LogP contribution in [0.2, 0.25) is 0 Å². The second-order valence-electron chi connectivity index (χ2n) is 5.62. The quantitative estimate of drug-likeness (QED) is 0.495. The second-order valence-corrected chi connectivity index (χ2v) is 6.63. The first-order valence-electron chi connectivity index (χ1n) is 8.24. The predicted octanol–water partition coefficient (Wildman–Crippen LogP) is 3.95. The van der Waals surface area contributed by atoms with E-state index in [2.05, 4.69) is 33.6 Å². The van der Waals surface area contributed by atoms with E-state index in [1.165, 1.54) is 0 Å². The first-order chi connectivity index (χ1) is 12.1. The molecule has 3 aromatic rings. The molecule has 130 valence electrons. The van der Waals surface area contributed by atoms with E-state index >= 15 is 0 Å². The molecule has 0 bridgehead atoms. The molecule has 1 aromatic carbocycles. The van der Waals surface area contributed by atoms with Gasteiger partial charge in [0.15, 0.2) is 0 Å². The molecule has 2 heterocycles. The van der Waals surface area contributed by atoms with E-state index in [1.54, 1.807) is 6.08 Å². The SMILES string of the molecule is CCCc1nc(S/C(=C/c2cn(CC)c3ccccc23)C(=O)O)n[nH]1. The van der Waals surface area contributed by atoms with Gasteiger partial charge in [0.2, 0.25) is 5.16 Å². The molecule has 0 saturated heterocycles. The summed E-state index contributed by atoms with van der Waals surface area (Å²) >= 11 is 1.06. The number of carboxylic acids is 1. The Morgan fingerprint density at radius 2 is 2.16 bits per heavy atom. The Balaban J connectivity index is 1.96.